The third kappa shape index (κ3) is 13.7. The minimum Gasteiger partial charge on any atom is -0.381 e. The second-order valence-electron chi connectivity index (χ2n) is 4.86. The van der Waals surface area contributed by atoms with Crippen molar-refractivity contribution in [1.29, 1.82) is 0 Å². The first-order chi connectivity index (χ1) is 7.21. The first-order valence-electron chi connectivity index (χ1n) is 5.60. The van der Waals surface area contributed by atoms with Crippen LogP contribution in [0.1, 0.15) is 40.0 Å². The molecule has 0 aliphatic carbocycles. The molecular formula is C11H22F3NO. The molecule has 0 atom stereocenters. The monoisotopic (exact) mass is 241 g/mol. The van der Waals surface area contributed by atoms with Gasteiger partial charge in [0.2, 0.25) is 0 Å². The van der Waals surface area contributed by atoms with Crippen LogP contribution in [-0.4, -0.2) is 31.5 Å². The third-order valence-electron chi connectivity index (χ3n) is 1.87. The molecule has 0 aromatic carbocycles. The van der Waals surface area contributed by atoms with Crippen LogP contribution in [0.15, 0.2) is 0 Å². The number of hydrogen-bond acceptors (Lipinski definition) is 2. The van der Waals surface area contributed by atoms with E-state index in [0.29, 0.717) is 6.61 Å². The van der Waals surface area contributed by atoms with E-state index in [-0.39, 0.29) is 18.6 Å². The molecule has 1 N–H and O–H groups in total. The fourth-order valence-electron chi connectivity index (χ4n) is 1.11. The van der Waals surface area contributed by atoms with Crippen molar-refractivity contribution in [3.63, 3.8) is 0 Å². The van der Waals surface area contributed by atoms with Gasteiger partial charge in [-0.25, -0.2) is 0 Å². The minimum atomic E-state index is -4.06. The Kier molecular flexibility index (Phi) is 6.99. The van der Waals surface area contributed by atoms with Crippen molar-refractivity contribution in [3.05, 3.63) is 0 Å². The molecule has 0 aromatic rings. The molecule has 0 aromatic heterocycles. The predicted octanol–water partition coefficient (Wildman–Crippen LogP) is 3.12. The molecule has 0 unspecified atom stereocenters. The number of nitrogens with one attached hydrogen (secondary N) is 1. The molecule has 0 fully saturated rings. The van der Waals surface area contributed by atoms with Crippen molar-refractivity contribution in [2.75, 3.05) is 19.8 Å². The SMILES string of the molecule is CC(C)(C)NCCCOCCCC(F)(F)F. The van der Waals surface area contributed by atoms with Gasteiger partial charge < -0.3 is 10.1 Å². The van der Waals surface area contributed by atoms with Crippen molar-refractivity contribution in [1.82, 2.24) is 5.32 Å². The number of halogens is 3. The van der Waals surface area contributed by atoms with Crippen LogP contribution < -0.4 is 5.32 Å². The molecule has 0 heterocycles. The molecule has 0 amide bonds. The third-order valence-corrected chi connectivity index (χ3v) is 1.87. The minimum absolute atomic E-state index is 0.0518. The topological polar surface area (TPSA) is 21.3 Å². The lowest BCUT2D eigenvalue weighted by Crippen LogP contribution is -2.36. The van der Waals surface area contributed by atoms with Gasteiger partial charge in [-0.15, -0.1) is 0 Å². The lowest BCUT2D eigenvalue weighted by molar-refractivity contribution is -0.137. The number of rotatable bonds is 7. The quantitative estimate of drug-likeness (QED) is 0.691. The molecule has 98 valence electrons. The van der Waals surface area contributed by atoms with Gasteiger partial charge in [-0.05, 0) is 40.2 Å². The zero-order valence-electron chi connectivity index (χ0n) is 10.3. The van der Waals surface area contributed by atoms with Crippen LogP contribution in [0.25, 0.3) is 0 Å². The highest BCUT2D eigenvalue weighted by Gasteiger charge is 2.25. The summed E-state index contributed by atoms with van der Waals surface area (Å²) in [6, 6.07) is 0. The first-order valence-corrected chi connectivity index (χ1v) is 5.60. The van der Waals surface area contributed by atoms with Gasteiger partial charge in [0.15, 0.2) is 0 Å². The van der Waals surface area contributed by atoms with E-state index in [4.69, 9.17) is 4.74 Å². The van der Waals surface area contributed by atoms with Gasteiger partial charge in [0, 0.05) is 25.2 Å². The van der Waals surface area contributed by atoms with Crippen LogP contribution in [0.2, 0.25) is 0 Å². The Labute approximate surface area is 95.5 Å². The van der Waals surface area contributed by atoms with Gasteiger partial charge in [0.1, 0.15) is 0 Å². The molecular weight excluding hydrogens is 219 g/mol. The number of ether oxygens (including phenoxy) is 1. The normalized spacial score (nSPS) is 13.1. The molecule has 0 saturated heterocycles. The van der Waals surface area contributed by atoms with E-state index in [9.17, 15) is 13.2 Å². The molecule has 0 aliphatic rings. The zero-order valence-corrected chi connectivity index (χ0v) is 10.3. The highest BCUT2D eigenvalue weighted by atomic mass is 19.4. The summed E-state index contributed by atoms with van der Waals surface area (Å²) in [5.74, 6) is 0. The standard InChI is InChI=1S/C11H22F3NO/c1-10(2,3)15-7-5-9-16-8-4-6-11(12,13)14/h15H,4-9H2,1-3H3. The van der Waals surface area contributed by atoms with Crippen LogP contribution in [0.3, 0.4) is 0 Å². The molecule has 0 aliphatic heterocycles. The van der Waals surface area contributed by atoms with Crippen LogP contribution >= 0.6 is 0 Å². The van der Waals surface area contributed by atoms with Gasteiger partial charge in [0.25, 0.3) is 0 Å². The maximum absolute atomic E-state index is 11.8. The van der Waals surface area contributed by atoms with E-state index in [2.05, 4.69) is 26.1 Å². The summed E-state index contributed by atoms with van der Waals surface area (Å²) in [6.07, 6.45) is -3.94. The smallest absolute Gasteiger partial charge is 0.381 e. The predicted molar refractivity (Wildman–Crippen MR) is 58.5 cm³/mol. The van der Waals surface area contributed by atoms with Crippen molar-refractivity contribution in [3.8, 4) is 0 Å². The zero-order chi connectivity index (χ0) is 12.7. The fourth-order valence-corrected chi connectivity index (χ4v) is 1.11. The highest BCUT2D eigenvalue weighted by Crippen LogP contribution is 2.20. The van der Waals surface area contributed by atoms with Gasteiger partial charge in [-0.1, -0.05) is 0 Å². The molecule has 16 heavy (non-hydrogen) atoms. The second-order valence-corrected chi connectivity index (χ2v) is 4.86. The molecule has 5 heteroatoms. The van der Waals surface area contributed by atoms with E-state index in [1.54, 1.807) is 0 Å². The summed E-state index contributed by atoms with van der Waals surface area (Å²) < 4.78 is 40.4. The molecule has 0 saturated carbocycles. The summed E-state index contributed by atoms with van der Waals surface area (Å²) in [6.45, 7) is 7.73. The van der Waals surface area contributed by atoms with Gasteiger partial charge >= 0.3 is 6.18 Å². The van der Waals surface area contributed by atoms with Crippen LogP contribution in [0.5, 0.6) is 0 Å². The Bertz CT molecular complexity index is 155. The van der Waals surface area contributed by atoms with Crippen LogP contribution in [0.4, 0.5) is 13.2 Å². The lowest BCUT2D eigenvalue weighted by atomic mass is 10.1. The fraction of sp³-hybridized carbons (Fsp3) is 1.00. The number of alkyl halides is 3. The van der Waals surface area contributed by atoms with E-state index < -0.39 is 12.6 Å². The second kappa shape index (κ2) is 7.12. The van der Waals surface area contributed by atoms with E-state index in [0.717, 1.165) is 13.0 Å². The van der Waals surface area contributed by atoms with Gasteiger partial charge in [0.05, 0.1) is 0 Å². The largest absolute Gasteiger partial charge is 0.389 e. The Morgan fingerprint density at radius 3 is 2.06 bits per heavy atom. The average Bonchev–Trinajstić information content (AvgIpc) is 2.06. The Morgan fingerprint density at radius 2 is 1.56 bits per heavy atom. The van der Waals surface area contributed by atoms with Gasteiger partial charge in [-0.3, -0.25) is 0 Å². The van der Waals surface area contributed by atoms with E-state index >= 15 is 0 Å². The molecule has 0 rings (SSSR count). The Hall–Kier alpha value is -0.290. The first kappa shape index (κ1) is 15.7. The molecule has 0 bridgehead atoms. The maximum Gasteiger partial charge on any atom is 0.389 e. The molecule has 0 radical (unpaired) electrons. The van der Waals surface area contributed by atoms with Crippen molar-refractivity contribution in [2.45, 2.75) is 51.7 Å². The Balaban J connectivity index is 3.17. The van der Waals surface area contributed by atoms with Crippen molar-refractivity contribution >= 4 is 0 Å². The van der Waals surface area contributed by atoms with E-state index in [1.807, 2.05) is 0 Å². The summed E-state index contributed by atoms with van der Waals surface area (Å²) in [5, 5.41) is 3.28. The number of hydrogen-bond donors (Lipinski definition) is 1. The van der Waals surface area contributed by atoms with E-state index in [1.165, 1.54) is 0 Å². The summed E-state index contributed by atoms with van der Waals surface area (Å²) in [5.41, 5.74) is 0.0796. The lowest BCUT2D eigenvalue weighted by Gasteiger charge is -2.20. The van der Waals surface area contributed by atoms with Gasteiger partial charge in [-0.2, -0.15) is 13.2 Å². The summed E-state index contributed by atoms with van der Waals surface area (Å²) >= 11 is 0. The Morgan fingerprint density at radius 1 is 1.00 bits per heavy atom. The molecule has 0 spiro atoms. The maximum atomic E-state index is 11.8. The summed E-state index contributed by atoms with van der Waals surface area (Å²) in [7, 11) is 0. The van der Waals surface area contributed by atoms with Crippen molar-refractivity contribution < 1.29 is 17.9 Å². The van der Waals surface area contributed by atoms with Crippen molar-refractivity contribution in [2.24, 2.45) is 0 Å². The van der Waals surface area contributed by atoms with Crippen LogP contribution in [0, 0.1) is 0 Å². The average molecular weight is 241 g/mol. The highest BCUT2D eigenvalue weighted by molar-refractivity contribution is 4.69. The summed E-state index contributed by atoms with van der Waals surface area (Å²) in [4.78, 5) is 0. The van der Waals surface area contributed by atoms with Crippen LogP contribution in [-0.2, 0) is 4.74 Å². The molecule has 2 nitrogen and oxygen atoms in total.